The summed E-state index contributed by atoms with van der Waals surface area (Å²) in [5, 5.41) is 23.4. The minimum absolute atomic E-state index is 0.0701. The van der Waals surface area contributed by atoms with E-state index >= 15 is 0 Å². The van der Waals surface area contributed by atoms with E-state index in [0.717, 1.165) is 30.1 Å². The number of thioether (sulfide) groups is 1. The molecule has 2 aliphatic rings. The van der Waals surface area contributed by atoms with E-state index in [4.69, 9.17) is 0 Å². The molecular weight excluding hydrogens is 284 g/mol. The van der Waals surface area contributed by atoms with Crippen LogP contribution < -0.4 is 5.32 Å². The third-order valence-corrected chi connectivity index (χ3v) is 5.73. The summed E-state index contributed by atoms with van der Waals surface area (Å²) in [6, 6.07) is 6.58. The maximum Gasteiger partial charge on any atom is 0.195 e. The summed E-state index contributed by atoms with van der Waals surface area (Å²) < 4.78 is 2.04. The molecule has 5 nitrogen and oxygen atoms in total. The maximum absolute atomic E-state index is 9.80. The number of aliphatic hydroxyl groups is 1. The van der Waals surface area contributed by atoms with E-state index in [1.54, 1.807) is 11.8 Å². The monoisotopic (exact) mass is 304 g/mol. The van der Waals surface area contributed by atoms with Crippen molar-refractivity contribution in [1.29, 1.82) is 0 Å². The first kappa shape index (κ1) is 13.5. The highest BCUT2D eigenvalue weighted by atomic mass is 32.2. The molecule has 2 heterocycles. The van der Waals surface area contributed by atoms with E-state index in [0.29, 0.717) is 11.3 Å². The lowest BCUT2D eigenvalue weighted by atomic mass is 9.99. The number of nitrogens with zero attached hydrogens (tertiary/aromatic N) is 3. The number of nitrogens with one attached hydrogen (secondary N) is 1. The summed E-state index contributed by atoms with van der Waals surface area (Å²) in [4.78, 5) is 0. The Balaban J connectivity index is 1.48. The molecule has 2 saturated carbocycles. The van der Waals surface area contributed by atoms with Gasteiger partial charge >= 0.3 is 0 Å². The molecule has 0 aromatic carbocycles. The van der Waals surface area contributed by atoms with Crippen LogP contribution in [0, 0.1) is 0 Å². The summed E-state index contributed by atoms with van der Waals surface area (Å²) in [6.07, 6.45) is 7.70. The van der Waals surface area contributed by atoms with Crippen LogP contribution >= 0.6 is 11.8 Å². The fourth-order valence-electron chi connectivity index (χ4n) is 3.21. The normalized spacial score (nSPS) is 29.3. The van der Waals surface area contributed by atoms with Crippen LogP contribution in [0.1, 0.15) is 32.1 Å². The van der Waals surface area contributed by atoms with E-state index < -0.39 is 0 Å². The van der Waals surface area contributed by atoms with Crippen molar-refractivity contribution in [2.24, 2.45) is 0 Å². The largest absolute Gasteiger partial charge is 0.394 e. The average molecular weight is 304 g/mol. The second-order valence-electron chi connectivity index (χ2n) is 6.25. The first-order valence-corrected chi connectivity index (χ1v) is 8.51. The molecule has 0 spiro atoms. The molecule has 0 radical (unpaired) electrons. The van der Waals surface area contributed by atoms with Crippen LogP contribution in [0.25, 0.3) is 5.65 Å². The van der Waals surface area contributed by atoms with Gasteiger partial charge in [-0.1, -0.05) is 17.8 Å². The molecule has 0 bridgehead atoms. The molecule has 2 aromatic heterocycles. The molecule has 0 saturated heterocycles. The standard InChI is InChI=1S/C15H20N4OS/c20-10-15(16-11-4-5-11)7-6-12(9-15)21-14-18-17-13-3-1-2-8-19(13)14/h1-3,8,11-12,16,20H,4-7,9-10H2. The van der Waals surface area contributed by atoms with Gasteiger partial charge in [0.2, 0.25) is 0 Å². The molecule has 2 aliphatic carbocycles. The predicted molar refractivity (Wildman–Crippen MR) is 82.5 cm³/mol. The third-order valence-electron chi connectivity index (χ3n) is 4.51. The van der Waals surface area contributed by atoms with Gasteiger partial charge in [0.1, 0.15) is 0 Å². The molecule has 2 fully saturated rings. The highest BCUT2D eigenvalue weighted by Crippen LogP contribution is 2.41. The van der Waals surface area contributed by atoms with Crippen LogP contribution in [0.3, 0.4) is 0 Å². The molecule has 2 aromatic rings. The van der Waals surface area contributed by atoms with Gasteiger partial charge < -0.3 is 10.4 Å². The highest BCUT2D eigenvalue weighted by Gasteiger charge is 2.42. The molecule has 2 atom stereocenters. The number of hydrogen-bond acceptors (Lipinski definition) is 5. The molecule has 2 N–H and O–H groups in total. The Morgan fingerprint density at radius 3 is 3.05 bits per heavy atom. The smallest absolute Gasteiger partial charge is 0.195 e. The second-order valence-corrected chi connectivity index (χ2v) is 7.52. The Hall–Kier alpha value is -1.11. The van der Waals surface area contributed by atoms with Crippen LogP contribution in [0.15, 0.2) is 29.6 Å². The van der Waals surface area contributed by atoms with Crippen LogP contribution in [0.4, 0.5) is 0 Å². The van der Waals surface area contributed by atoms with Gasteiger partial charge in [-0.25, -0.2) is 0 Å². The second kappa shape index (κ2) is 5.26. The third kappa shape index (κ3) is 2.67. The van der Waals surface area contributed by atoms with Crippen molar-refractivity contribution in [2.75, 3.05) is 6.61 Å². The van der Waals surface area contributed by atoms with E-state index in [-0.39, 0.29) is 12.1 Å². The number of pyridine rings is 1. The van der Waals surface area contributed by atoms with Gasteiger partial charge in [-0.3, -0.25) is 4.40 Å². The number of fused-ring (bicyclic) bond motifs is 1. The van der Waals surface area contributed by atoms with Gasteiger partial charge in [-0.15, -0.1) is 10.2 Å². The summed E-state index contributed by atoms with van der Waals surface area (Å²) in [5.41, 5.74) is 0.821. The van der Waals surface area contributed by atoms with Gasteiger partial charge in [0.05, 0.1) is 6.61 Å². The summed E-state index contributed by atoms with van der Waals surface area (Å²) in [7, 11) is 0. The van der Waals surface area contributed by atoms with Crippen molar-refractivity contribution in [1.82, 2.24) is 19.9 Å². The van der Waals surface area contributed by atoms with E-state index in [2.05, 4.69) is 15.5 Å². The topological polar surface area (TPSA) is 62.5 Å². The van der Waals surface area contributed by atoms with Crippen molar-refractivity contribution in [3.05, 3.63) is 24.4 Å². The van der Waals surface area contributed by atoms with Gasteiger partial charge in [-0.05, 0) is 44.2 Å². The quantitative estimate of drug-likeness (QED) is 0.883. The first-order valence-electron chi connectivity index (χ1n) is 7.63. The van der Waals surface area contributed by atoms with Crippen molar-refractivity contribution < 1.29 is 5.11 Å². The Bertz CT molecular complexity index is 641. The number of hydrogen-bond donors (Lipinski definition) is 2. The van der Waals surface area contributed by atoms with Gasteiger partial charge in [-0.2, -0.15) is 0 Å². The summed E-state index contributed by atoms with van der Waals surface area (Å²) in [6.45, 7) is 0.237. The Labute approximate surface area is 128 Å². The van der Waals surface area contributed by atoms with E-state index in [9.17, 15) is 5.11 Å². The Morgan fingerprint density at radius 1 is 1.33 bits per heavy atom. The molecule has 21 heavy (non-hydrogen) atoms. The molecular formula is C15H20N4OS. The molecule has 0 amide bonds. The lowest BCUT2D eigenvalue weighted by Gasteiger charge is -2.28. The fraction of sp³-hybridized carbons (Fsp3) is 0.600. The lowest BCUT2D eigenvalue weighted by molar-refractivity contribution is 0.163. The predicted octanol–water partition coefficient (Wildman–Crippen LogP) is 1.86. The summed E-state index contributed by atoms with van der Waals surface area (Å²) >= 11 is 1.79. The maximum atomic E-state index is 9.80. The van der Waals surface area contributed by atoms with Crippen LogP contribution in [0.5, 0.6) is 0 Å². The van der Waals surface area contributed by atoms with Crippen LogP contribution in [-0.4, -0.2) is 43.1 Å². The molecule has 2 unspecified atom stereocenters. The summed E-state index contributed by atoms with van der Waals surface area (Å²) in [5.74, 6) is 0. The highest BCUT2D eigenvalue weighted by molar-refractivity contribution is 7.99. The number of aliphatic hydroxyl groups excluding tert-OH is 1. The zero-order chi connectivity index (χ0) is 14.3. The SMILES string of the molecule is OCC1(NC2CC2)CCC(Sc2nnc3ccccn23)C1. The molecule has 6 heteroatoms. The molecule has 4 rings (SSSR count). The zero-order valence-electron chi connectivity index (χ0n) is 11.9. The van der Waals surface area contributed by atoms with Crippen molar-refractivity contribution in [3.8, 4) is 0 Å². The molecule has 0 aliphatic heterocycles. The Kier molecular flexibility index (Phi) is 3.40. The average Bonchev–Trinajstić information content (AvgIpc) is 3.09. The van der Waals surface area contributed by atoms with Gasteiger partial charge in [0, 0.05) is 23.0 Å². The lowest BCUT2D eigenvalue weighted by Crippen LogP contribution is -2.47. The van der Waals surface area contributed by atoms with E-state index in [1.807, 2.05) is 28.8 Å². The minimum atomic E-state index is -0.0701. The first-order chi connectivity index (χ1) is 10.3. The minimum Gasteiger partial charge on any atom is -0.394 e. The molecule has 112 valence electrons. The van der Waals surface area contributed by atoms with Crippen LogP contribution in [-0.2, 0) is 0 Å². The van der Waals surface area contributed by atoms with Crippen molar-refractivity contribution >= 4 is 17.4 Å². The van der Waals surface area contributed by atoms with Gasteiger partial charge in [0.15, 0.2) is 10.8 Å². The number of rotatable bonds is 5. The van der Waals surface area contributed by atoms with Crippen LogP contribution in [0.2, 0.25) is 0 Å². The fourth-order valence-corrected chi connectivity index (χ4v) is 4.50. The van der Waals surface area contributed by atoms with Crippen molar-refractivity contribution in [3.63, 3.8) is 0 Å². The Morgan fingerprint density at radius 2 is 2.24 bits per heavy atom. The van der Waals surface area contributed by atoms with Crippen molar-refractivity contribution in [2.45, 2.75) is 54.1 Å². The zero-order valence-corrected chi connectivity index (χ0v) is 12.7. The van der Waals surface area contributed by atoms with Gasteiger partial charge in [0.25, 0.3) is 0 Å². The van der Waals surface area contributed by atoms with E-state index in [1.165, 1.54) is 12.8 Å². The number of aromatic nitrogens is 3.